The van der Waals surface area contributed by atoms with Crippen LogP contribution in [0.2, 0.25) is 0 Å². The third-order valence-electron chi connectivity index (χ3n) is 1.40. The normalized spacial score (nSPS) is 16.4. The lowest BCUT2D eigenvalue weighted by atomic mass is 10.2. The second-order valence-electron chi connectivity index (χ2n) is 2.38. The van der Waals surface area contributed by atoms with E-state index in [9.17, 15) is 8.78 Å². The van der Waals surface area contributed by atoms with Gasteiger partial charge in [0.15, 0.2) is 12.0 Å². The van der Waals surface area contributed by atoms with Crippen molar-refractivity contribution in [3.8, 4) is 0 Å². The molecule has 1 heterocycles. The molecule has 0 unspecified atom stereocenters. The third kappa shape index (κ3) is 1.53. The van der Waals surface area contributed by atoms with E-state index in [-0.39, 0.29) is 5.82 Å². The SMILES string of the molecule is C[C@@H](F)[C@H](F)c1nncn1C. The molecule has 1 aromatic rings. The molecule has 0 amide bonds. The highest BCUT2D eigenvalue weighted by Gasteiger charge is 2.21. The number of hydrogen-bond acceptors (Lipinski definition) is 2. The molecule has 0 fully saturated rings. The van der Waals surface area contributed by atoms with Crippen molar-refractivity contribution < 1.29 is 8.78 Å². The Morgan fingerprint density at radius 1 is 1.55 bits per heavy atom. The summed E-state index contributed by atoms with van der Waals surface area (Å²) in [7, 11) is 1.57. The topological polar surface area (TPSA) is 30.7 Å². The van der Waals surface area contributed by atoms with E-state index in [2.05, 4.69) is 10.2 Å². The summed E-state index contributed by atoms with van der Waals surface area (Å²) in [5.41, 5.74) is 0. The zero-order valence-electron chi connectivity index (χ0n) is 6.33. The van der Waals surface area contributed by atoms with Crippen molar-refractivity contribution in [2.75, 3.05) is 0 Å². The highest BCUT2D eigenvalue weighted by Crippen LogP contribution is 2.20. The summed E-state index contributed by atoms with van der Waals surface area (Å²) < 4.78 is 26.6. The standard InChI is InChI=1S/C6H9F2N3/c1-4(7)5(8)6-10-9-3-11(6)2/h3-5H,1-2H3/t4-,5+/m1/s1. The maximum atomic E-state index is 12.9. The molecule has 0 spiro atoms. The van der Waals surface area contributed by atoms with E-state index in [1.807, 2.05) is 0 Å². The van der Waals surface area contributed by atoms with Gasteiger partial charge in [-0.2, -0.15) is 0 Å². The molecule has 0 aliphatic carbocycles. The molecule has 1 rings (SSSR count). The van der Waals surface area contributed by atoms with Crippen LogP contribution in [-0.4, -0.2) is 20.9 Å². The first-order valence-corrected chi connectivity index (χ1v) is 3.25. The molecule has 0 bridgehead atoms. The Morgan fingerprint density at radius 3 is 2.55 bits per heavy atom. The van der Waals surface area contributed by atoms with Gasteiger partial charge in [-0.05, 0) is 6.92 Å². The quantitative estimate of drug-likeness (QED) is 0.652. The van der Waals surface area contributed by atoms with Crippen molar-refractivity contribution in [1.82, 2.24) is 14.8 Å². The predicted octanol–water partition coefficient (Wildman–Crippen LogP) is 1.18. The first-order valence-electron chi connectivity index (χ1n) is 3.25. The van der Waals surface area contributed by atoms with Gasteiger partial charge in [0.25, 0.3) is 0 Å². The molecule has 2 atom stereocenters. The Hall–Kier alpha value is -1.00. The maximum absolute atomic E-state index is 12.9. The van der Waals surface area contributed by atoms with Crippen LogP contribution in [0.4, 0.5) is 8.78 Å². The molecule has 11 heavy (non-hydrogen) atoms. The van der Waals surface area contributed by atoms with Crippen LogP contribution < -0.4 is 0 Å². The molecule has 1 aromatic heterocycles. The van der Waals surface area contributed by atoms with Gasteiger partial charge in [-0.1, -0.05) is 0 Å². The van der Waals surface area contributed by atoms with Gasteiger partial charge < -0.3 is 4.57 Å². The molecule has 5 heteroatoms. The minimum Gasteiger partial charge on any atom is -0.318 e. The zero-order valence-corrected chi connectivity index (χ0v) is 6.33. The third-order valence-corrected chi connectivity index (χ3v) is 1.40. The molecule has 0 aromatic carbocycles. The lowest BCUT2D eigenvalue weighted by Crippen LogP contribution is -2.10. The van der Waals surface area contributed by atoms with Gasteiger partial charge in [-0.3, -0.25) is 0 Å². The molecule has 0 aliphatic heterocycles. The minimum atomic E-state index is -1.68. The van der Waals surface area contributed by atoms with Gasteiger partial charge in [-0.15, -0.1) is 10.2 Å². The molecular formula is C6H9F2N3. The molecule has 3 nitrogen and oxygen atoms in total. The average molecular weight is 161 g/mol. The fourth-order valence-corrected chi connectivity index (χ4v) is 0.747. The van der Waals surface area contributed by atoms with Crippen LogP contribution in [0, 0.1) is 0 Å². The number of halogens is 2. The van der Waals surface area contributed by atoms with Crippen molar-refractivity contribution in [2.24, 2.45) is 7.05 Å². The predicted molar refractivity (Wildman–Crippen MR) is 35.4 cm³/mol. The number of alkyl halides is 2. The largest absolute Gasteiger partial charge is 0.318 e. The summed E-state index contributed by atoms with van der Waals surface area (Å²) in [4.78, 5) is 0. The number of rotatable bonds is 2. The molecule has 0 N–H and O–H groups in total. The van der Waals surface area contributed by atoms with Crippen molar-refractivity contribution in [2.45, 2.75) is 19.3 Å². The fraction of sp³-hybridized carbons (Fsp3) is 0.667. The molecule has 62 valence electrons. The van der Waals surface area contributed by atoms with E-state index >= 15 is 0 Å². The maximum Gasteiger partial charge on any atom is 0.190 e. The number of aromatic nitrogens is 3. The summed E-state index contributed by atoms with van der Waals surface area (Å²) in [5.74, 6) is 0.0278. The lowest BCUT2D eigenvalue weighted by Gasteiger charge is -2.06. The fourth-order valence-electron chi connectivity index (χ4n) is 0.747. The van der Waals surface area contributed by atoms with E-state index in [1.54, 1.807) is 7.05 Å². The second-order valence-corrected chi connectivity index (χ2v) is 2.38. The van der Waals surface area contributed by atoms with E-state index < -0.39 is 12.3 Å². The van der Waals surface area contributed by atoms with Crippen molar-refractivity contribution >= 4 is 0 Å². The van der Waals surface area contributed by atoms with Gasteiger partial charge in [0.1, 0.15) is 12.5 Å². The summed E-state index contributed by atoms with van der Waals surface area (Å²) >= 11 is 0. The van der Waals surface area contributed by atoms with E-state index in [4.69, 9.17) is 0 Å². The van der Waals surface area contributed by atoms with Crippen LogP contribution >= 0.6 is 0 Å². The number of aryl methyl sites for hydroxylation is 1. The Bertz CT molecular complexity index is 233. The Kier molecular flexibility index (Phi) is 2.16. The van der Waals surface area contributed by atoms with Crippen LogP contribution in [0.25, 0.3) is 0 Å². The average Bonchev–Trinajstić information content (AvgIpc) is 2.33. The van der Waals surface area contributed by atoms with Crippen LogP contribution in [-0.2, 0) is 7.05 Å². The number of hydrogen-bond donors (Lipinski definition) is 0. The first kappa shape index (κ1) is 8.10. The monoisotopic (exact) mass is 161 g/mol. The summed E-state index contributed by atoms with van der Waals surface area (Å²) in [6.45, 7) is 1.15. The highest BCUT2D eigenvalue weighted by molar-refractivity contribution is 4.92. The molecule has 0 aliphatic rings. The molecular weight excluding hydrogens is 152 g/mol. The van der Waals surface area contributed by atoms with E-state index in [0.29, 0.717) is 0 Å². The van der Waals surface area contributed by atoms with Gasteiger partial charge in [0.05, 0.1) is 0 Å². The Morgan fingerprint density at radius 2 is 2.18 bits per heavy atom. The van der Waals surface area contributed by atoms with Gasteiger partial charge in [-0.25, -0.2) is 8.78 Å². The van der Waals surface area contributed by atoms with E-state index in [1.165, 1.54) is 10.9 Å². The van der Waals surface area contributed by atoms with Crippen molar-refractivity contribution in [3.63, 3.8) is 0 Å². The van der Waals surface area contributed by atoms with Crippen LogP contribution in [0.3, 0.4) is 0 Å². The van der Waals surface area contributed by atoms with Crippen LogP contribution in [0.15, 0.2) is 6.33 Å². The highest BCUT2D eigenvalue weighted by atomic mass is 19.2. The first-order chi connectivity index (χ1) is 5.13. The summed E-state index contributed by atoms with van der Waals surface area (Å²) in [6.07, 6.45) is -1.88. The number of nitrogens with zero attached hydrogens (tertiary/aromatic N) is 3. The van der Waals surface area contributed by atoms with Gasteiger partial charge in [0.2, 0.25) is 0 Å². The molecule has 0 radical (unpaired) electrons. The van der Waals surface area contributed by atoms with Crippen LogP contribution in [0.1, 0.15) is 18.9 Å². The smallest absolute Gasteiger partial charge is 0.190 e. The summed E-state index contributed by atoms with van der Waals surface area (Å²) in [5, 5.41) is 6.87. The van der Waals surface area contributed by atoms with Crippen molar-refractivity contribution in [1.29, 1.82) is 0 Å². The molecule has 0 saturated carbocycles. The lowest BCUT2D eigenvalue weighted by molar-refractivity contribution is 0.173. The Labute approximate surface area is 63.0 Å². The zero-order chi connectivity index (χ0) is 8.43. The minimum absolute atomic E-state index is 0.0278. The van der Waals surface area contributed by atoms with Crippen molar-refractivity contribution in [3.05, 3.63) is 12.2 Å². The second kappa shape index (κ2) is 2.94. The van der Waals surface area contributed by atoms with E-state index in [0.717, 1.165) is 6.92 Å². The Balaban J connectivity index is 2.84. The molecule has 0 saturated heterocycles. The van der Waals surface area contributed by atoms with Crippen LogP contribution in [0.5, 0.6) is 0 Å². The van der Waals surface area contributed by atoms with Gasteiger partial charge in [0, 0.05) is 7.05 Å². The van der Waals surface area contributed by atoms with Gasteiger partial charge >= 0.3 is 0 Å². The summed E-state index contributed by atoms with van der Waals surface area (Å²) in [6, 6.07) is 0.